The zero-order valence-corrected chi connectivity index (χ0v) is 8.95. The lowest BCUT2D eigenvalue weighted by Crippen LogP contribution is -2.04. The number of aliphatic hydroxyl groups is 1. The second-order valence-corrected chi connectivity index (χ2v) is 3.63. The van der Waals surface area contributed by atoms with E-state index in [0.29, 0.717) is 27.5 Å². The molecule has 0 amide bonds. The highest BCUT2D eigenvalue weighted by Gasteiger charge is 1.88. The molecule has 0 aromatic carbocycles. The summed E-state index contributed by atoms with van der Waals surface area (Å²) in [6, 6.07) is 0. The van der Waals surface area contributed by atoms with Gasteiger partial charge < -0.3 is 20.3 Å². The van der Waals surface area contributed by atoms with Gasteiger partial charge in [0.15, 0.2) is 0 Å². The van der Waals surface area contributed by atoms with Crippen molar-refractivity contribution < 1.29 is 14.6 Å². The average molecular weight is 207 g/mol. The number of aliphatic hydroxyl groups excluding tert-OH is 1. The molecule has 4 nitrogen and oxygen atoms in total. The Labute approximate surface area is 80.9 Å². The Morgan fingerprint density at radius 2 is 2.23 bits per heavy atom. The van der Waals surface area contributed by atoms with Crippen LogP contribution in [0.25, 0.3) is 0 Å². The number of methoxy groups -OCH3 is 1. The van der Waals surface area contributed by atoms with Crippen LogP contribution in [0.3, 0.4) is 0 Å². The van der Waals surface area contributed by atoms with Gasteiger partial charge in [-0.3, -0.25) is 0 Å². The SMILES string of the molecule is COCCOCCP/C=C(\N)CO. The maximum absolute atomic E-state index is 8.57. The molecule has 0 heterocycles. The Morgan fingerprint density at radius 3 is 2.85 bits per heavy atom. The highest BCUT2D eigenvalue weighted by molar-refractivity contribution is 7.41. The first-order valence-electron chi connectivity index (χ1n) is 4.16. The number of nitrogens with two attached hydrogens (primary N) is 1. The molecule has 0 bridgehead atoms. The van der Waals surface area contributed by atoms with Crippen molar-refractivity contribution in [3.8, 4) is 0 Å². The molecule has 0 fully saturated rings. The maximum atomic E-state index is 8.57. The summed E-state index contributed by atoms with van der Waals surface area (Å²) in [6.45, 7) is 1.94. The number of hydrogen-bond acceptors (Lipinski definition) is 4. The molecule has 13 heavy (non-hydrogen) atoms. The number of hydrogen-bond donors (Lipinski definition) is 2. The highest BCUT2D eigenvalue weighted by atomic mass is 31.1. The minimum Gasteiger partial charge on any atom is -0.400 e. The van der Waals surface area contributed by atoms with E-state index in [4.69, 9.17) is 20.3 Å². The lowest BCUT2D eigenvalue weighted by molar-refractivity contribution is 0.0789. The van der Waals surface area contributed by atoms with Crippen LogP contribution in [0.2, 0.25) is 0 Å². The molecule has 1 atom stereocenters. The van der Waals surface area contributed by atoms with Crippen LogP contribution in [0.15, 0.2) is 11.5 Å². The van der Waals surface area contributed by atoms with Gasteiger partial charge in [-0.25, -0.2) is 0 Å². The largest absolute Gasteiger partial charge is 0.400 e. The van der Waals surface area contributed by atoms with Gasteiger partial charge in [-0.1, -0.05) is 8.58 Å². The number of ether oxygens (including phenoxy) is 2. The first-order chi connectivity index (χ1) is 6.31. The van der Waals surface area contributed by atoms with Crippen molar-refractivity contribution in [2.24, 2.45) is 5.73 Å². The van der Waals surface area contributed by atoms with E-state index in [1.807, 2.05) is 5.82 Å². The molecule has 0 spiro atoms. The third-order valence-corrected chi connectivity index (χ3v) is 2.36. The Kier molecular flexibility index (Phi) is 9.82. The molecule has 0 aliphatic heterocycles. The zero-order valence-electron chi connectivity index (χ0n) is 7.95. The molecule has 0 saturated heterocycles. The fourth-order valence-electron chi connectivity index (χ4n) is 0.624. The molecule has 0 aromatic heterocycles. The van der Waals surface area contributed by atoms with Gasteiger partial charge in [0.1, 0.15) is 0 Å². The minimum absolute atomic E-state index is 0.0580. The van der Waals surface area contributed by atoms with Crippen molar-refractivity contribution in [2.75, 3.05) is 39.7 Å². The molecule has 78 valence electrons. The van der Waals surface area contributed by atoms with Crippen molar-refractivity contribution in [3.05, 3.63) is 11.5 Å². The third-order valence-electron chi connectivity index (χ3n) is 1.29. The molecular formula is C8H18NO3P. The van der Waals surface area contributed by atoms with Gasteiger partial charge in [0, 0.05) is 12.8 Å². The highest BCUT2D eigenvalue weighted by Crippen LogP contribution is 2.11. The van der Waals surface area contributed by atoms with Crippen LogP contribution in [0, 0.1) is 0 Å². The fourth-order valence-corrected chi connectivity index (χ4v) is 1.38. The van der Waals surface area contributed by atoms with Gasteiger partial charge in [0.05, 0.1) is 26.4 Å². The third kappa shape index (κ3) is 9.77. The molecule has 3 N–H and O–H groups in total. The van der Waals surface area contributed by atoms with Crippen molar-refractivity contribution in [3.63, 3.8) is 0 Å². The monoisotopic (exact) mass is 207 g/mol. The van der Waals surface area contributed by atoms with Gasteiger partial charge >= 0.3 is 0 Å². The molecule has 0 aliphatic rings. The summed E-state index contributed by atoms with van der Waals surface area (Å²) in [7, 11) is 2.27. The molecule has 0 aromatic rings. The molecule has 0 rings (SSSR count). The summed E-state index contributed by atoms with van der Waals surface area (Å²) >= 11 is 0. The van der Waals surface area contributed by atoms with Crippen LogP contribution in [0.1, 0.15) is 0 Å². The standard InChI is InChI=1S/C8H18NO3P/c1-11-2-3-12-4-5-13-7-8(9)6-10/h7,10,13H,2-6,9H2,1H3/b8-7-. The summed E-state index contributed by atoms with van der Waals surface area (Å²) in [5.41, 5.74) is 5.93. The van der Waals surface area contributed by atoms with E-state index < -0.39 is 0 Å². The van der Waals surface area contributed by atoms with Gasteiger partial charge in [-0.2, -0.15) is 0 Å². The molecule has 1 unspecified atom stereocenters. The Morgan fingerprint density at radius 1 is 1.46 bits per heavy atom. The molecular weight excluding hydrogens is 189 g/mol. The van der Waals surface area contributed by atoms with Crippen LogP contribution >= 0.6 is 8.58 Å². The maximum Gasteiger partial charge on any atom is 0.0825 e. The van der Waals surface area contributed by atoms with Crippen molar-refractivity contribution >= 4 is 8.58 Å². The van der Waals surface area contributed by atoms with E-state index in [9.17, 15) is 0 Å². The second-order valence-electron chi connectivity index (χ2n) is 2.44. The smallest absolute Gasteiger partial charge is 0.0825 e. The first-order valence-corrected chi connectivity index (χ1v) is 5.45. The normalized spacial score (nSPS) is 12.9. The average Bonchev–Trinajstić information content (AvgIpc) is 2.16. The lowest BCUT2D eigenvalue weighted by Gasteiger charge is -2.01. The van der Waals surface area contributed by atoms with Crippen LogP contribution in [-0.2, 0) is 9.47 Å². The van der Waals surface area contributed by atoms with Gasteiger partial charge in [-0.05, 0) is 12.0 Å². The molecule has 0 saturated carbocycles. The summed E-state index contributed by atoms with van der Waals surface area (Å²) < 4.78 is 10.1. The van der Waals surface area contributed by atoms with E-state index in [1.54, 1.807) is 7.11 Å². The van der Waals surface area contributed by atoms with Crippen LogP contribution < -0.4 is 5.73 Å². The van der Waals surface area contributed by atoms with E-state index in [1.165, 1.54) is 0 Å². The summed E-state index contributed by atoms with van der Waals surface area (Å²) in [5.74, 6) is 1.85. The minimum atomic E-state index is -0.0580. The predicted molar refractivity (Wildman–Crippen MR) is 55.2 cm³/mol. The summed E-state index contributed by atoms with van der Waals surface area (Å²) in [5, 5.41) is 8.57. The molecule has 5 heteroatoms. The quantitative estimate of drug-likeness (QED) is 0.438. The van der Waals surface area contributed by atoms with E-state index in [0.717, 1.165) is 12.8 Å². The second kappa shape index (κ2) is 9.93. The summed E-state index contributed by atoms with van der Waals surface area (Å²) in [4.78, 5) is 0. The van der Waals surface area contributed by atoms with Crippen LogP contribution in [-0.4, -0.2) is 44.8 Å². The Bertz CT molecular complexity index is 141. The van der Waals surface area contributed by atoms with Gasteiger partial charge in [0.25, 0.3) is 0 Å². The zero-order chi connectivity index (χ0) is 9.94. The summed E-state index contributed by atoms with van der Waals surface area (Å²) in [6.07, 6.45) is 0.949. The fraction of sp³-hybridized carbons (Fsp3) is 0.750. The van der Waals surface area contributed by atoms with E-state index in [-0.39, 0.29) is 6.61 Å². The topological polar surface area (TPSA) is 64.7 Å². The Hall–Kier alpha value is -0.150. The van der Waals surface area contributed by atoms with Crippen molar-refractivity contribution in [2.45, 2.75) is 0 Å². The predicted octanol–water partition coefficient (Wildman–Crippen LogP) is 0.120. The first kappa shape index (κ1) is 12.8. The Balaban J connectivity index is 3.08. The van der Waals surface area contributed by atoms with Crippen molar-refractivity contribution in [1.82, 2.24) is 0 Å². The van der Waals surface area contributed by atoms with Crippen LogP contribution in [0.5, 0.6) is 0 Å². The van der Waals surface area contributed by atoms with E-state index in [2.05, 4.69) is 0 Å². The van der Waals surface area contributed by atoms with Gasteiger partial charge in [-0.15, -0.1) is 0 Å². The van der Waals surface area contributed by atoms with Gasteiger partial charge in [0.2, 0.25) is 0 Å². The molecule has 0 radical (unpaired) electrons. The van der Waals surface area contributed by atoms with Crippen molar-refractivity contribution in [1.29, 1.82) is 0 Å². The lowest BCUT2D eigenvalue weighted by atomic mass is 10.6. The molecule has 0 aliphatic carbocycles. The van der Waals surface area contributed by atoms with E-state index >= 15 is 0 Å². The number of rotatable bonds is 8. The van der Waals surface area contributed by atoms with Crippen LogP contribution in [0.4, 0.5) is 0 Å².